The van der Waals surface area contributed by atoms with Crippen molar-refractivity contribution in [3.63, 3.8) is 0 Å². The molecular formula is C18H15NO. The minimum Gasteiger partial charge on any atom is -0.399 e. The van der Waals surface area contributed by atoms with Crippen LogP contribution in [0, 0.1) is 0 Å². The van der Waals surface area contributed by atoms with Crippen molar-refractivity contribution in [2.45, 2.75) is 0 Å². The number of nitrogens with zero attached hydrogens (tertiary/aromatic N) is 1. The Labute approximate surface area is 118 Å². The molecule has 2 heteroatoms. The lowest BCUT2D eigenvalue weighted by Crippen LogP contribution is -2.03. The molecule has 0 aliphatic heterocycles. The molecule has 3 aromatic rings. The first-order valence-corrected chi connectivity index (χ1v) is 6.54. The maximum atomic E-state index is 5.01. The summed E-state index contributed by atoms with van der Waals surface area (Å²) in [5.74, 6) is 0. The fourth-order valence-corrected chi connectivity index (χ4v) is 2.30. The Morgan fingerprint density at radius 2 is 1.45 bits per heavy atom. The molecule has 0 saturated heterocycles. The molecule has 20 heavy (non-hydrogen) atoms. The summed E-state index contributed by atoms with van der Waals surface area (Å²) >= 11 is 0. The quantitative estimate of drug-likeness (QED) is 0.510. The molecule has 98 valence electrons. The van der Waals surface area contributed by atoms with Crippen LogP contribution in [0.1, 0.15) is 11.1 Å². The van der Waals surface area contributed by atoms with Gasteiger partial charge in [0.1, 0.15) is 12.8 Å². The average Bonchev–Trinajstić information content (AvgIpc) is 2.53. The standard InChI is InChI=1S/C18H15NO/c1-20-19-18(15-8-3-2-4-9-15)17-12-11-14-7-5-6-10-16(14)13-17/h2-13H,1H3/b19-18-. The monoisotopic (exact) mass is 261 g/mol. The zero-order valence-electron chi connectivity index (χ0n) is 11.3. The van der Waals surface area contributed by atoms with E-state index in [1.165, 1.54) is 10.8 Å². The van der Waals surface area contributed by atoms with Gasteiger partial charge in [0.05, 0.1) is 0 Å². The van der Waals surface area contributed by atoms with Crippen LogP contribution in [0.15, 0.2) is 78.0 Å². The van der Waals surface area contributed by atoms with Gasteiger partial charge in [-0.25, -0.2) is 0 Å². The predicted octanol–water partition coefficient (Wildman–Crippen LogP) is 4.24. The van der Waals surface area contributed by atoms with Gasteiger partial charge in [-0.2, -0.15) is 0 Å². The van der Waals surface area contributed by atoms with E-state index in [4.69, 9.17) is 4.84 Å². The van der Waals surface area contributed by atoms with Gasteiger partial charge in [0.2, 0.25) is 0 Å². The van der Waals surface area contributed by atoms with Crippen molar-refractivity contribution in [3.8, 4) is 0 Å². The van der Waals surface area contributed by atoms with E-state index in [2.05, 4.69) is 35.5 Å². The smallest absolute Gasteiger partial charge is 0.117 e. The number of hydrogen-bond acceptors (Lipinski definition) is 2. The van der Waals surface area contributed by atoms with E-state index >= 15 is 0 Å². The van der Waals surface area contributed by atoms with Crippen molar-refractivity contribution in [2.75, 3.05) is 7.11 Å². The maximum absolute atomic E-state index is 5.01. The highest BCUT2D eigenvalue weighted by atomic mass is 16.6. The van der Waals surface area contributed by atoms with Crippen LogP contribution in [0.2, 0.25) is 0 Å². The summed E-state index contributed by atoms with van der Waals surface area (Å²) in [7, 11) is 1.57. The summed E-state index contributed by atoms with van der Waals surface area (Å²) in [5.41, 5.74) is 2.94. The van der Waals surface area contributed by atoms with Crippen LogP contribution in [0.3, 0.4) is 0 Å². The zero-order valence-corrected chi connectivity index (χ0v) is 11.3. The number of oxime groups is 1. The third-order valence-corrected chi connectivity index (χ3v) is 3.25. The molecule has 0 aromatic heterocycles. The number of fused-ring (bicyclic) bond motifs is 1. The zero-order chi connectivity index (χ0) is 13.8. The Kier molecular flexibility index (Phi) is 3.46. The molecule has 3 aromatic carbocycles. The number of benzene rings is 3. The van der Waals surface area contributed by atoms with Crippen LogP contribution in [0.25, 0.3) is 10.8 Å². The van der Waals surface area contributed by atoms with Crippen LogP contribution in [0.5, 0.6) is 0 Å². The molecule has 0 radical (unpaired) electrons. The van der Waals surface area contributed by atoms with Gasteiger partial charge in [-0.05, 0) is 16.8 Å². The van der Waals surface area contributed by atoms with Crippen LogP contribution >= 0.6 is 0 Å². The van der Waals surface area contributed by atoms with E-state index in [9.17, 15) is 0 Å². The number of rotatable bonds is 3. The molecule has 0 saturated carbocycles. The van der Waals surface area contributed by atoms with Crippen molar-refractivity contribution in [1.29, 1.82) is 0 Å². The molecule has 0 fully saturated rings. The Morgan fingerprint density at radius 1 is 0.750 bits per heavy atom. The lowest BCUT2D eigenvalue weighted by molar-refractivity contribution is 0.214. The first-order valence-electron chi connectivity index (χ1n) is 6.54. The normalized spacial score (nSPS) is 11.6. The van der Waals surface area contributed by atoms with E-state index in [-0.39, 0.29) is 0 Å². The Balaban J connectivity index is 2.13. The van der Waals surface area contributed by atoms with E-state index in [0.29, 0.717) is 0 Å². The minimum atomic E-state index is 0.846. The fourth-order valence-electron chi connectivity index (χ4n) is 2.30. The molecule has 0 aliphatic rings. The molecule has 0 amide bonds. The largest absolute Gasteiger partial charge is 0.399 e. The third kappa shape index (κ3) is 2.41. The molecule has 0 aliphatic carbocycles. The second-order valence-electron chi connectivity index (χ2n) is 4.55. The van der Waals surface area contributed by atoms with Gasteiger partial charge in [0, 0.05) is 11.1 Å². The van der Waals surface area contributed by atoms with Gasteiger partial charge in [-0.1, -0.05) is 71.9 Å². The summed E-state index contributed by atoms with van der Waals surface area (Å²) in [6, 6.07) is 24.7. The van der Waals surface area contributed by atoms with Crippen molar-refractivity contribution >= 4 is 16.5 Å². The molecule has 0 bridgehead atoms. The molecular weight excluding hydrogens is 246 g/mol. The van der Waals surface area contributed by atoms with Crippen LogP contribution < -0.4 is 0 Å². The topological polar surface area (TPSA) is 21.6 Å². The van der Waals surface area contributed by atoms with Gasteiger partial charge in [-0.15, -0.1) is 0 Å². The SMILES string of the molecule is CO/N=C(/c1ccccc1)c1ccc2ccccc2c1. The summed E-state index contributed by atoms with van der Waals surface area (Å²) in [4.78, 5) is 5.01. The van der Waals surface area contributed by atoms with Gasteiger partial charge < -0.3 is 4.84 Å². The predicted molar refractivity (Wildman–Crippen MR) is 83.0 cm³/mol. The highest BCUT2D eigenvalue weighted by Gasteiger charge is 2.08. The van der Waals surface area contributed by atoms with Crippen molar-refractivity contribution < 1.29 is 4.84 Å². The highest BCUT2D eigenvalue weighted by Crippen LogP contribution is 2.19. The molecule has 0 N–H and O–H groups in total. The van der Waals surface area contributed by atoms with E-state index in [1.54, 1.807) is 7.11 Å². The Bertz CT molecular complexity index is 747. The first kappa shape index (κ1) is 12.4. The van der Waals surface area contributed by atoms with E-state index in [1.807, 2.05) is 42.5 Å². The third-order valence-electron chi connectivity index (χ3n) is 3.25. The van der Waals surface area contributed by atoms with Gasteiger partial charge >= 0.3 is 0 Å². The van der Waals surface area contributed by atoms with E-state index < -0.39 is 0 Å². The second-order valence-corrected chi connectivity index (χ2v) is 4.55. The Hall–Kier alpha value is -2.61. The second kappa shape index (κ2) is 5.57. The molecule has 3 rings (SSSR count). The van der Waals surface area contributed by atoms with Gasteiger partial charge in [0.25, 0.3) is 0 Å². The highest BCUT2D eigenvalue weighted by molar-refractivity contribution is 6.13. The van der Waals surface area contributed by atoms with Crippen LogP contribution in [0.4, 0.5) is 0 Å². The maximum Gasteiger partial charge on any atom is 0.117 e. The average molecular weight is 261 g/mol. The van der Waals surface area contributed by atoms with Gasteiger partial charge in [-0.3, -0.25) is 0 Å². The Morgan fingerprint density at radius 3 is 2.20 bits per heavy atom. The van der Waals surface area contributed by atoms with Crippen molar-refractivity contribution in [2.24, 2.45) is 5.16 Å². The summed E-state index contributed by atoms with van der Waals surface area (Å²) in [5, 5.41) is 6.61. The number of hydrogen-bond donors (Lipinski definition) is 0. The minimum absolute atomic E-state index is 0.846. The van der Waals surface area contributed by atoms with Crippen LogP contribution in [-0.4, -0.2) is 12.8 Å². The van der Waals surface area contributed by atoms with E-state index in [0.717, 1.165) is 16.8 Å². The lowest BCUT2D eigenvalue weighted by atomic mass is 9.99. The fraction of sp³-hybridized carbons (Fsp3) is 0.0556. The summed E-state index contributed by atoms with van der Waals surface area (Å²) in [6.07, 6.45) is 0. The molecule has 0 heterocycles. The van der Waals surface area contributed by atoms with Crippen molar-refractivity contribution in [3.05, 3.63) is 83.9 Å². The first-order chi connectivity index (χ1) is 9.88. The van der Waals surface area contributed by atoms with Gasteiger partial charge in [0.15, 0.2) is 0 Å². The lowest BCUT2D eigenvalue weighted by Gasteiger charge is -2.07. The molecule has 0 unspecified atom stereocenters. The van der Waals surface area contributed by atoms with Crippen molar-refractivity contribution in [1.82, 2.24) is 0 Å². The van der Waals surface area contributed by atoms with Crippen LogP contribution in [-0.2, 0) is 4.84 Å². The molecule has 2 nitrogen and oxygen atoms in total. The molecule has 0 atom stereocenters. The summed E-state index contributed by atoms with van der Waals surface area (Å²) in [6.45, 7) is 0. The summed E-state index contributed by atoms with van der Waals surface area (Å²) < 4.78 is 0. The molecule has 0 spiro atoms.